The lowest BCUT2D eigenvalue weighted by molar-refractivity contribution is -0.162. The molecule has 6 heteroatoms. The number of carbonyl (C=O) groups is 3. The molecule has 0 spiro atoms. The summed E-state index contributed by atoms with van der Waals surface area (Å²) < 4.78 is 5.39. The summed E-state index contributed by atoms with van der Waals surface area (Å²) in [6, 6.07) is 2.93. The number of Topliss-reactive ketones (excluding diaryl/α,β-unsaturated/α-hetero) is 1. The molecule has 27 heavy (non-hydrogen) atoms. The normalized spacial score (nSPS) is 20.2. The molecule has 1 aromatic heterocycles. The topological polar surface area (TPSA) is 76.6 Å². The number of rotatable bonds is 7. The van der Waals surface area contributed by atoms with Crippen LogP contribution in [0.3, 0.4) is 0 Å². The molecule has 6 nitrogen and oxygen atoms in total. The molecule has 0 aliphatic carbocycles. The maximum Gasteiger partial charge on any atom is 0.329 e. The van der Waals surface area contributed by atoms with E-state index in [0.29, 0.717) is 26.0 Å². The molecule has 1 fully saturated rings. The zero-order chi connectivity index (χ0) is 20.0. The lowest BCUT2D eigenvalue weighted by Crippen LogP contribution is -2.55. The maximum absolute atomic E-state index is 13.0. The molecule has 0 N–H and O–H groups in total. The number of likely N-dealkylation sites (tertiary alicyclic amines) is 1. The van der Waals surface area contributed by atoms with Crippen LogP contribution in [-0.4, -0.2) is 46.7 Å². The number of piperidine rings is 1. The highest BCUT2D eigenvalue weighted by molar-refractivity contribution is 6.38. The zero-order valence-electron chi connectivity index (χ0n) is 16.7. The molecule has 2 rings (SSSR count). The first-order chi connectivity index (χ1) is 12.8. The molecule has 0 radical (unpaired) electrons. The minimum Gasteiger partial charge on any atom is -0.464 e. The van der Waals surface area contributed by atoms with Gasteiger partial charge in [0.15, 0.2) is 0 Å². The third-order valence-electron chi connectivity index (χ3n) is 5.39. The summed E-state index contributed by atoms with van der Waals surface area (Å²) in [5.74, 6) is -1.71. The second-order valence-electron chi connectivity index (χ2n) is 7.71. The van der Waals surface area contributed by atoms with Crippen molar-refractivity contribution < 1.29 is 19.1 Å². The predicted molar refractivity (Wildman–Crippen MR) is 102 cm³/mol. The van der Waals surface area contributed by atoms with Crippen LogP contribution in [0.5, 0.6) is 0 Å². The Labute approximate surface area is 161 Å². The molecule has 2 atom stereocenters. The second-order valence-corrected chi connectivity index (χ2v) is 7.71. The summed E-state index contributed by atoms with van der Waals surface area (Å²) in [5.41, 5.74) is 0.131. The van der Waals surface area contributed by atoms with Gasteiger partial charge in [-0.15, -0.1) is 0 Å². The minimum absolute atomic E-state index is 0.224. The number of pyridine rings is 1. The molecule has 1 aliphatic heterocycles. The van der Waals surface area contributed by atoms with Crippen LogP contribution in [0.2, 0.25) is 0 Å². The van der Waals surface area contributed by atoms with Gasteiger partial charge in [0.2, 0.25) is 5.78 Å². The Hall–Kier alpha value is -2.24. The number of aromatic nitrogens is 1. The van der Waals surface area contributed by atoms with Gasteiger partial charge in [0.1, 0.15) is 6.04 Å². The summed E-state index contributed by atoms with van der Waals surface area (Å²) in [6.45, 7) is 8.01. The van der Waals surface area contributed by atoms with Gasteiger partial charge in [-0.2, -0.15) is 0 Å². The van der Waals surface area contributed by atoms with E-state index in [1.807, 2.05) is 26.0 Å². The molecule has 0 saturated carbocycles. The van der Waals surface area contributed by atoms with E-state index < -0.39 is 29.1 Å². The SMILES string of the molecule is CCCOC(=O)C1C(c2cccnc2)CCCN1C(=O)C(=O)C(C)(C)CC. The van der Waals surface area contributed by atoms with Crippen LogP contribution in [0.1, 0.15) is 64.9 Å². The zero-order valence-corrected chi connectivity index (χ0v) is 16.7. The van der Waals surface area contributed by atoms with Crippen molar-refractivity contribution in [2.24, 2.45) is 5.41 Å². The average molecular weight is 374 g/mol. The fourth-order valence-electron chi connectivity index (χ4n) is 3.33. The molecule has 2 unspecified atom stereocenters. The lowest BCUT2D eigenvalue weighted by Gasteiger charge is -2.40. The highest BCUT2D eigenvalue weighted by atomic mass is 16.5. The van der Waals surface area contributed by atoms with Crippen LogP contribution in [0, 0.1) is 5.41 Å². The van der Waals surface area contributed by atoms with Crippen molar-refractivity contribution in [2.45, 2.75) is 65.3 Å². The van der Waals surface area contributed by atoms with Gasteiger partial charge in [-0.3, -0.25) is 14.6 Å². The summed E-state index contributed by atoms with van der Waals surface area (Å²) >= 11 is 0. The third kappa shape index (κ3) is 4.73. The lowest BCUT2D eigenvalue weighted by atomic mass is 9.81. The Morgan fingerprint density at radius 3 is 2.63 bits per heavy atom. The molecular formula is C21H30N2O4. The molecule has 1 saturated heterocycles. The van der Waals surface area contributed by atoms with Gasteiger partial charge in [-0.05, 0) is 37.3 Å². The van der Waals surface area contributed by atoms with Gasteiger partial charge >= 0.3 is 5.97 Å². The van der Waals surface area contributed by atoms with E-state index >= 15 is 0 Å². The fraction of sp³-hybridized carbons (Fsp3) is 0.619. The number of nitrogens with zero attached hydrogens (tertiary/aromatic N) is 2. The first-order valence-electron chi connectivity index (χ1n) is 9.75. The first kappa shape index (κ1) is 21.1. The van der Waals surface area contributed by atoms with Crippen LogP contribution < -0.4 is 0 Å². The Kier molecular flexibility index (Phi) is 7.11. The highest BCUT2D eigenvalue weighted by Gasteiger charge is 2.45. The first-order valence-corrected chi connectivity index (χ1v) is 9.75. The van der Waals surface area contributed by atoms with Crippen LogP contribution >= 0.6 is 0 Å². The van der Waals surface area contributed by atoms with Gasteiger partial charge in [0.25, 0.3) is 5.91 Å². The van der Waals surface area contributed by atoms with Gasteiger partial charge in [-0.1, -0.05) is 33.8 Å². The third-order valence-corrected chi connectivity index (χ3v) is 5.39. The number of hydrogen-bond acceptors (Lipinski definition) is 5. The van der Waals surface area contributed by atoms with Crippen molar-refractivity contribution in [1.82, 2.24) is 9.88 Å². The predicted octanol–water partition coefficient (Wildman–Crippen LogP) is 3.11. The Bertz CT molecular complexity index is 672. The van der Waals surface area contributed by atoms with E-state index in [1.165, 1.54) is 4.90 Å². The second kappa shape index (κ2) is 9.11. The standard InChI is InChI=1S/C21H30N2O4/c1-5-13-27-20(26)17-16(15-9-7-11-22-14-15)10-8-12-23(17)19(25)18(24)21(3,4)6-2/h7,9,11,14,16-17H,5-6,8,10,12-13H2,1-4H3. The van der Waals surface area contributed by atoms with Gasteiger partial charge in [-0.25, -0.2) is 4.79 Å². The van der Waals surface area contributed by atoms with Crippen molar-refractivity contribution in [3.8, 4) is 0 Å². The quantitative estimate of drug-likeness (QED) is 0.541. The Morgan fingerprint density at radius 2 is 2.04 bits per heavy atom. The molecule has 2 heterocycles. The van der Waals surface area contributed by atoms with Gasteiger partial charge in [0, 0.05) is 30.3 Å². The summed E-state index contributed by atoms with van der Waals surface area (Å²) in [6.07, 6.45) is 6.12. The molecule has 1 amide bonds. The number of amides is 1. The number of ketones is 1. The summed E-state index contributed by atoms with van der Waals surface area (Å²) in [7, 11) is 0. The number of hydrogen-bond donors (Lipinski definition) is 0. The van der Waals surface area contributed by atoms with Gasteiger partial charge in [0.05, 0.1) is 6.61 Å². The maximum atomic E-state index is 13.0. The monoisotopic (exact) mass is 374 g/mol. The Balaban J connectivity index is 2.37. The van der Waals surface area contributed by atoms with Crippen LogP contribution in [0.4, 0.5) is 0 Å². The van der Waals surface area contributed by atoms with Crippen LogP contribution in [0.25, 0.3) is 0 Å². The van der Waals surface area contributed by atoms with E-state index in [2.05, 4.69) is 4.98 Å². The van der Waals surface area contributed by atoms with Crippen molar-refractivity contribution in [1.29, 1.82) is 0 Å². The number of ether oxygens (including phenoxy) is 1. The number of carbonyl (C=O) groups excluding carboxylic acids is 3. The largest absolute Gasteiger partial charge is 0.464 e. The molecule has 148 valence electrons. The van der Waals surface area contributed by atoms with E-state index in [0.717, 1.165) is 18.4 Å². The van der Waals surface area contributed by atoms with Crippen LogP contribution in [0.15, 0.2) is 24.5 Å². The van der Waals surface area contributed by atoms with Crippen molar-refractivity contribution >= 4 is 17.7 Å². The van der Waals surface area contributed by atoms with Crippen LogP contribution in [-0.2, 0) is 19.1 Å². The van der Waals surface area contributed by atoms with Crippen molar-refractivity contribution in [2.75, 3.05) is 13.2 Å². The summed E-state index contributed by atoms with van der Waals surface area (Å²) in [4.78, 5) is 44.2. The molecule has 1 aliphatic rings. The fourth-order valence-corrected chi connectivity index (χ4v) is 3.33. The van der Waals surface area contributed by atoms with E-state index in [4.69, 9.17) is 4.74 Å². The molecule has 0 aromatic carbocycles. The smallest absolute Gasteiger partial charge is 0.329 e. The van der Waals surface area contributed by atoms with Crippen molar-refractivity contribution in [3.05, 3.63) is 30.1 Å². The molecule has 0 bridgehead atoms. The molecule has 1 aromatic rings. The van der Waals surface area contributed by atoms with Crippen molar-refractivity contribution in [3.63, 3.8) is 0 Å². The summed E-state index contributed by atoms with van der Waals surface area (Å²) in [5, 5.41) is 0. The Morgan fingerprint density at radius 1 is 1.30 bits per heavy atom. The van der Waals surface area contributed by atoms with E-state index in [-0.39, 0.29) is 5.92 Å². The average Bonchev–Trinajstić information content (AvgIpc) is 2.70. The highest BCUT2D eigenvalue weighted by Crippen LogP contribution is 2.34. The van der Waals surface area contributed by atoms with E-state index in [9.17, 15) is 14.4 Å². The number of esters is 1. The van der Waals surface area contributed by atoms with E-state index in [1.54, 1.807) is 26.2 Å². The molecular weight excluding hydrogens is 344 g/mol. The minimum atomic E-state index is -0.793. The van der Waals surface area contributed by atoms with Gasteiger partial charge < -0.3 is 9.64 Å².